The minimum Gasteiger partial charge on any atom is -0.207 e. The smallest absolute Gasteiger partial charge is 0.207 e. The Morgan fingerprint density at radius 1 is 1.43 bits per heavy atom. The second kappa shape index (κ2) is 5.06. The number of thiol groups is 1. The second-order valence-corrected chi connectivity index (χ2v) is 6.00. The highest BCUT2D eigenvalue weighted by atomic mass is 33.1. The maximum atomic E-state index is 13.2. The lowest BCUT2D eigenvalue weighted by molar-refractivity contribution is 0.000991. The fourth-order valence-corrected chi connectivity index (χ4v) is 3.15. The van der Waals surface area contributed by atoms with Gasteiger partial charge in [-0.3, -0.25) is 0 Å². The molecule has 1 aliphatic rings. The molecule has 2 unspecified atom stereocenters. The highest BCUT2D eigenvalue weighted by Gasteiger charge is 2.46. The van der Waals surface area contributed by atoms with Crippen LogP contribution in [0, 0.1) is 17.8 Å². The average molecular weight is 240 g/mol. The highest BCUT2D eigenvalue weighted by molar-refractivity contribution is 8.68. The van der Waals surface area contributed by atoms with Crippen molar-refractivity contribution in [2.24, 2.45) is 17.8 Å². The maximum Gasteiger partial charge on any atom is 0.248 e. The van der Waals surface area contributed by atoms with E-state index in [1.807, 2.05) is 13.8 Å². The van der Waals surface area contributed by atoms with Crippen molar-refractivity contribution in [2.45, 2.75) is 39.0 Å². The van der Waals surface area contributed by atoms with Crippen molar-refractivity contribution in [1.82, 2.24) is 0 Å². The van der Waals surface area contributed by atoms with Crippen LogP contribution in [0.25, 0.3) is 0 Å². The van der Waals surface area contributed by atoms with Gasteiger partial charge in [0.15, 0.2) is 0 Å². The summed E-state index contributed by atoms with van der Waals surface area (Å²) in [6.45, 7) is 4.10. The van der Waals surface area contributed by atoms with Crippen molar-refractivity contribution in [2.75, 3.05) is 5.75 Å². The molecule has 0 aromatic rings. The average Bonchev–Trinajstić information content (AvgIpc) is 2.38. The van der Waals surface area contributed by atoms with E-state index < -0.39 is 5.92 Å². The van der Waals surface area contributed by atoms with Crippen LogP contribution in [0.1, 0.15) is 33.1 Å². The van der Waals surface area contributed by atoms with Gasteiger partial charge in [-0.25, -0.2) is 8.78 Å². The third-order valence-electron chi connectivity index (χ3n) is 3.14. The normalized spacial score (nSPS) is 31.3. The molecule has 1 saturated carbocycles. The summed E-state index contributed by atoms with van der Waals surface area (Å²) in [5, 5.41) is 0. The molecule has 2 atom stereocenters. The molecular weight excluding hydrogens is 222 g/mol. The Labute approximate surface area is 94.0 Å². The predicted octanol–water partition coefficient (Wildman–Crippen LogP) is 4.27. The zero-order valence-corrected chi connectivity index (χ0v) is 10.4. The van der Waals surface area contributed by atoms with Gasteiger partial charge in [0.05, 0.1) is 0 Å². The topological polar surface area (TPSA) is 0 Å². The van der Waals surface area contributed by atoms with E-state index >= 15 is 0 Å². The molecule has 0 N–H and O–H groups in total. The van der Waals surface area contributed by atoms with Gasteiger partial charge in [0, 0.05) is 18.6 Å². The molecule has 84 valence electrons. The summed E-state index contributed by atoms with van der Waals surface area (Å²) in [7, 11) is 1.45. The Morgan fingerprint density at radius 3 is 2.57 bits per heavy atom. The number of alkyl halides is 2. The van der Waals surface area contributed by atoms with Gasteiger partial charge in [-0.15, -0.1) is 11.7 Å². The van der Waals surface area contributed by atoms with Crippen LogP contribution < -0.4 is 0 Å². The first-order chi connectivity index (χ1) is 6.46. The lowest BCUT2D eigenvalue weighted by atomic mass is 9.85. The lowest BCUT2D eigenvalue weighted by Crippen LogP contribution is -2.14. The first kappa shape index (κ1) is 12.6. The largest absolute Gasteiger partial charge is 0.248 e. The standard InChI is InChI=1S/C10H18F2S2/c1-7(2)9-6-10(11,12)5-8(9)3-4-14-13/h7-9,13H,3-6H2,1-2H3. The zero-order valence-electron chi connectivity index (χ0n) is 8.67. The molecule has 0 spiro atoms. The van der Waals surface area contributed by atoms with E-state index in [0.29, 0.717) is 5.92 Å². The molecule has 0 heterocycles. The summed E-state index contributed by atoms with van der Waals surface area (Å²) in [6, 6.07) is 0. The van der Waals surface area contributed by atoms with E-state index in [2.05, 4.69) is 11.7 Å². The van der Waals surface area contributed by atoms with Gasteiger partial charge in [0.25, 0.3) is 0 Å². The van der Waals surface area contributed by atoms with Crippen LogP contribution in [0.2, 0.25) is 0 Å². The molecule has 0 radical (unpaired) electrons. The summed E-state index contributed by atoms with van der Waals surface area (Å²) in [5.41, 5.74) is 0. The Bertz CT molecular complexity index is 183. The van der Waals surface area contributed by atoms with Crippen molar-refractivity contribution < 1.29 is 8.78 Å². The van der Waals surface area contributed by atoms with Crippen molar-refractivity contribution in [3.63, 3.8) is 0 Å². The van der Waals surface area contributed by atoms with Gasteiger partial charge in [0.1, 0.15) is 0 Å². The Balaban J connectivity index is 2.54. The number of rotatable bonds is 4. The SMILES string of the molecule is CC(C)C1CC(F)(F)CC1CCSS. The monoisotopic (exact) mass is 240 g/mol. The molecule has 0 aliphatic heterocycles. The molecule has 4 heteroatoms. The minimum atomic E-state index is -2.42. The van der Waals surface area contributed by atoms with E-state index in [4.69, 9.17) is 0 Å². The number of hydrogen-bond donors (Lipinski definition) is 1. The summed E-state index contributed by atoms with van der Waals surface area (Å²) < 4.78 is 26.4. The van der Waals surface area contributed by atoms with Crippen LogP contribution in [0.15, 0.2) is 0 Å². The summed E-state index contributed by atoms with van der Waals surface area (Å²) >= 11 is 4.05. The van der Waals surface area contributed by atoms with Crippen molar-refractivity contribution in [1.29, 1.82) is 0 Å². The van der Waals surface area contributed by atoms with E-state index in [1.54, 1.807) is 0 Å². The molecule has 1 aliphatic carbocycles. The molecule has 0 amide bonds. The number of hydrogen-bond acceptors (Lipinski definition) is 2. The molecule has 0 bridgehead atoms. The Hall–Kier alpha value is 0.560. The molecule has 14 heavy (non-hydrogen) atoms. The van der Waals surface area contributed by atoms with Crippen LogP contribution in [0.3, 0.4) is 0 Å². The third kappa shape index (κ3) is 3.30. The Morgan fingerprint density at radius 2 is 2.07 bits per heavy atom. The van der Waals surface area contributed by atoms with Crippen LogP contribution in [0.5, 0.6) is 0 Å². The molecule has 0 saturated heterocycles. The Kier molecular flexibility index (Phi) is 4.56. The molecule has 1 fully saturated rings. The van der Waals surface area contributed by atoms with Crippen molar-refractivity contribution in [3.05, 3.63) is 0 Å². The first-order valence-electron chi connectivity index (χ1n) is 5.10. The molecule has 0 aromatic heterocycles. The summed E-state index contributed by atoms with van der Waals surface area (Å²) in [4.78, 5) is 0. The van der Waals surface area contributed by atoms with Gasteiger partial charge in [0.2, 0.25) is 5.92 Å². The molecule has 1 rings (SSSR count). The zero-order chi connectivity index (χ0) is 10.8. The maximum absolute atomic E-state index is 13.2. The molecule has 0 nitrogen and oxygen atoms in total. The highest BCUT2D eigenvalue weighted by Crippen LogP contribution is 2.47. The summed E-state index contributed by atoms with van der Waals surface area (Å²) in [5.74, 6) is -0.762. The van der Waals surface area contributed by atoms with Gasteiger partial charge in [-0.2, -0.15) is 0 Å². The third-order valence-corrected chi connectivity index (χ3v) is 4.10. The van der Waals surface area contributed by atoms with E-state index in [0.717, 1.165) is 12.2 Å². The van der Waals surface area contributed by atoms with Crippen LogP contribution in [-0.2, 0) is 0 Å². The quantitative estimate of drug-likeness (QED) is 0.565. The lowest BCUT2D eigenvalue weighted by Gasteiger charge is -2.21. The minimum absolute atomic E-state index is 0.0875. The summed E-state index contributed by atoms with van der Waals surface area (Å²) in [6.07, 6.45) is 1.06. The van der Waals surface area contributed by atoms with Gasteiger partial charge in [-0.1, -0.05) is 24.6 Å². The van der Waals surface area contributed by atoms with E-state index in [-0.39, 0.29) is 24.7 Å². The molecular formula is C10H18F2S2. The van der Waals surface area contributed by atoms with Crippen LogP contribution >= 0.6 is 22.5 Å². The fourth-order valence-electron chi connectivity index (χ4n) is 2.43. The molecule has 0 aromatic carbocycles. The van der Waals surface area contributed by atoms with Crippen molar-refractivity contribution in [3.8, 4) is 0 Å². The number of halogens is 2. The first-order valence-corrected chi connectivity index (χ1v) is 7.14. The fraction of sp³-hybridized carbons (Fsp3) is 1.00. The van der Waals surface area contributed by atoms with Gasteiger partial charge in [-0.05, 0) is 24.2 Å². The van der Waals surface area contributed by atoms with E-state index in [9.17, 15) is 8.78 Å². The second-order valence-electron chi connectivity index (χ2n) is 4.55. The van der Waals surface area contributed by atoms with Gasteiger partial charge >= 0.3 is 0 Å². The van der Waals surface area contributed by atoms with Gasteiger partial charge < -0.3 is 0 Å². The van der Waals surface area contributed by atoms with Crippen LogP contribution in [0.4, 0.5) is 8.78 Å². The van der Waals surface area contributed by atoms with E-state index in [1.165, 1.54) is 10.8 Å². The van der Waals surface area contributed by atoms with Crippen molar-refractivity contribution >= 4 is 22.5 Å². The van der Waals surface area contributed by atoms with Crippen LogP contribution in [-0.4, -0.2) is 11.7 Å². The predicted molar refractivity (Wildman–Crippen MR) is 62.1 cm³/mol.